The molecule has 0 N–H and O–H groups in total. The molecule has 100 valence electrons. The molecule has 1 aromatic heterocycles. The second-order valence-electron chi connectivity index (χ2n) is 4.62. The first-order chi connectivity index (χ1) is 8.79. The molecule has 1 aromatic rings. The predicted octanol–water partition coefficient (Wildman–Crippen LogP) is 1.68. The average molecular weight is 251 g/mol. The van der Waals surface area contributed by atoms with Gasteiger partial charge in [0.1, 0.15) is 0 Å². The maximum Gasteiger partial charge on any atom is 0.260 e. The van der Waals surface area contributed by atoms with E-state index in [9.17, 15) is 4.79 Å². The molecule has 0 saturated carbocycles. The van der Waals surface area contributed by atoms with Gasteiger partial charge in [0.05, 0.1) is 12.4 Å². The SMILES string of the molecule is CCn1cc(OCC(=O)N2CCCCCC2)cn1. The van der Waals surface area contributed by atoms with Crippen LogP contribution in [0.25, 0.3) is 0 Å². The summed E-state index contributed by atoms with van der Waals surface area (Å²) >= 11 is 0. The van der Waals surface area contributed by atoms with Gasteiger partial charge in [0.25, 0.3) is 5.91 Å². The van der Waals surface area contributed by atoms with Crippen molar-refractivity contribution in [1.82, 2.24) is 14.7 Å². The summed E-state index contributed by atoms with van der Waals surface area (Å²) in [5, 5.41) is 4.11. The molecule has 1 amide bonds. The van der Waals surface area contributed by atoms with Gasteiger partial charge < -0.3 is 9.64 Å². The minimum absolute atomic E-state index is 0.0844. The quantitative estimate of drug-likeness (QED) is 0.818. The number of hydrogen-bond donors (Lipinski definition) is 0. The number of hydrogen-bond acceptors (Lipinski definition) is 3. The Kier molecular flexibility index (Phi) is 4.61. The Bertz CT molecular complexity index is 381. The first kappa shape index (κ1) is 12.9. The molecule has 0 unspecified atom stereocenters. The molecule has 5 nitrogen and oxygen atoms in total. The minimum Gasteiger partial charge on any atom is -0.480 e. The van der Waals surface area contributed by atoms with Crippen molar-refractivity contribution in [3.8, 4) is 5.75 Å². The minimum atomic E-state index is 0.0844. The van der Waals surface area contributed by atoms with Crippen molar-refractivity contribution in [1.29, 1.82) is 0 Å². The van der Waals surface area contributed by atoms with E-state index in [-0.39, 0.29) is 12.5 Å². The van der Waals surface area contributed by atoms with Crippen LogP contribution in [0.15, 0.2) is 12.4 Å². The predicted molar refractivity (Wildman–Crippen MR) is 68.4 cm³/mol. The highest BCUT2D eigenvalue weighted by atomic mass is 16.5. The zero-order valence-electron chi connectivity index (χ0n) is 11.0. The molecule has 0 radical (unpaired) electrons. The summed E-state index contributed by atoms with van der Waals surface area (Å²) in [4.78, 5) is 13.9. The van der Waals surface area contributed by atoms with Gasteiger partial charge in [-0.1, -0.05) is 12.8 Å². The van der Waals surface area contributed by atoms with Crippen LogP contribution >= 0.6 is 0 Å². The number of carbonyl (C=O) groups is 1. The fraction of sp³-hybridized carbons (Fsp3) is 0.692. The highest BCUT2D eigenvalue weighted by molar-refractivity contribution is 5.77. The van der Waals surface area contributed by atoms with Crippen molar-refractivity contribution >= 4 is 5.91 Å². The Morgan fingerprint density at radius 2 is 2.06 bits per heavy atom. The smallest absolute Gasteiger partial charge is 0.260 e. The standard InChI is InChI=1S/C13H21N3O2/c1-2-16-10-12(9-14-16)18-11-13(17)15-7-5-3-4-6-8-15/h9-10H,2-8,11H2,1H3. The second kappa shape index (κ2) is 6.42. The third-order valence-corrected chi connectivity index (χ3v) is 3.25. The molecule has 0 aliphatic carbocycles. The van der Waals surface area contributed by atoms with Crippen LogP contribution in [0.5, 0.6) is 5.75 Å². The molecule has 1 aliphatic rings. The highest BCUT2D eigenvalue weighted by Gasteiger charge is 2.16. The van der Waals surface area contributed by atoms with Crippen molar-refractivity contribution < 1.29 is 9.53 Å². The van der Waals surface area contributed by atoms with Gasteiger partial charge >= 0.3 is 0 Å². The van der Waals surface area contributed by atoms with Crippen LogP contribution in [0.4, 0.5) is 0 Å². The van der Waals surface area contributed by atoms with Crippen LogP contribution in [0, 0.1) is 0 Å². The molecule has 1 saturated heterocycles. The van der Waals surface area contributed by atoms with Crippen LogP contribution in [0.1, 0.15) is 32.6 Å². The molecule has 0 aromatic carbocycles. The van der Waals surface area contributed by atoms with E-state index in [2.05, 4.69) is 5.10 Å². The Labute approximate surface area is 108 Å². The van der Waals surface area contributed by atoms with Gasteiger partial charge in [-0.05, 0) is 19.8 Å². The Morgan fingerprint density at radius 1 is 1.33 bits per heavy atom. The van der Waals surface area contributed by atoms with Gasteiger partial charge in [0, 0.05) is 19.6 Å². The van der Waals surface area contributed by atoms with E-state index < -0.39 is 0 Å². The van der Waals surface area contributed by atoms with Gasteiger partial charge in [-0.25, -0.2) is 0 Å². The number of carbonyl (C=O) groups excluding carboxylic acids is 1. The monoisotopic (exact) mass is 251 g/mol. The Balaban J connectivity index is 1.79. The van der Waals surface area contributed by atoms with E-state index in [0.717, 1.165) is 32.5 Å². The van der Waals surface area contributed by atoms with Crippen molar-refractivity contribution in [2.45, 2.75) is 39.2 Å². The van der Waals surface area contributed by atoms with Crippen LogP contribution in [-0.4, -0.2) is 40.3 Å². The Morgan fingerprint density at radius 3 is 2.67 bits per heavy atom. The van der Waals surface area contributed by atoms with Gasteiger partial charge in [-0.2, -0.15) is 5.10 Å². The summed E-state index contributed by atoms with van der Waals surface area (Å²) in [6.07, 6.45) is 8.15. The maximum absolute atomic E-state index is 12.0. The number of amides is 1. The lowest BCUT2D eigenvalue weighted by atomic mass is 10.2. The summed E-state index contributed by atoms with van der Waals surface area (Å²) in [6.45, 7) is 4.69. The first-order valence-corrected chi connectivity index (χ1v) is 6.72. The lowest BCUT2D eigenvalue weighted by Crippen LogP contribution is -2.35. The molecule has 2 rings (SSSR count). The van der Waals surface area contributed by atoms with Crippen molar-refractivity contribution in [3.05, 3.63) is 12.4 Å². The average Bonchev–Trinajstić information content (AvgIpc) is 2.68. The third kappa shape index (κ3) is 3.48. The lowest BCUT2D eigenvalue weighted by Gasteiger charge is -2.19. The van der Waals surface area contributed by atoms with Crippen LogP contribution in [0.3, 0.4) is 0 Å². The molecule has 1 fully saturated rings. The number of aryl methyl sites for hydroxylation is 1. The van der Waals surface area contributed by atoms with E-state index in [4.69, 9.17) is 4.74 Å². The van der Waals surface area contributed by atoms with E-state index in [0.29, 0.717) is 5.75 Å². The number of likely N-dealkylation sites (tertiary alicyclic amines) is 1. The third-order valence-electron chi connectivity index (χ3n) is 3.25. The molecule has 0 spiro atoms. The zero-order valence-corrected chi connectivity index (χ0v) is 11.0. The summed E-state index contributed by atoms with van der Waals surface area (Å²) < 4.78 is 7.25. The normalized spacial score (nSPS) is 16.4. The van der Waals surface area contributed by atoms with Gasteiger partial charge in [0.15, 0.2) is 12.4 Å². The summed E-state index contributed by atoms with van der Waals surface area (Å²) in [5.41, 5.74) is 0. The zero-order chi connectivity index (χ0) is 12.8. The largest absolute Gasteiger partial charge is 0.480 e. The number of rotatable bonds is 4. The molecule has 18 heavy (non-hydrogen) atoms. The molecule has 0 bridgehead atoms. The van der Waals surface area contributed by atoms with Crippen molar-refractivity contribution in [3.63, 3.8) is 0 Å². The first-order valence-electron chi connectivity index (χ1n) is 6.72. The molecular weight excluding hydrogens is 230 g/mol. The molecule has 2 heterocycles. The number of nitrogens with zero attached hydrogens (tertiary/aromatic N) is 3. The van der Waals surface area contributed by atoms with E-state index in [1.165, 1.54) is 12.8 Å². The topological polar surface area (TPSA) is 47.4 Å². The second-order valence-corrected chi connectivity index (χ2v) is 4.62. The van der Waals surface area contributed by atoms with Crippen molar-refractivity contribution in [2.75, 3.05) is 19.7 Å². The molecule has 5 heteroatoms. The van der Waals surface area contributed by atoms with E-state index >= 15 is 0 Å². The summed E-state index contributed by atoms with van der Waals surface area (Å²) in [7, 11) is 0. The van der Waals surface area contributed by atoms with E-state index in [1.807, 2.05) is 18.0 Å². The van der Waals surface area contributed by atoms with Gasteiger partial charge in [-0.3, -0.25) is 9.48 Å². The fourth-order valence-corrected chi connectivity index (χ4v) is 2.15. The van der Waals surface area contributed by atoms with E-state index in [1.54, 1.807) is 10.9 Å². The molecule has 1 aliphatic heterocycles. The molecule has 0 atom stereocenters. The maximum atomic E-state index is 12.0. The van der Waals surface area contributed by atoms with Gasteiger partial charge in [0.2, 0.25) is 0 Å². The van der Waals surface area contributed by atoms with Gasteiger partial charge in [-0.15, -0.1) is 0 Å². The fourth-order valence-electron chi connectivity index (χ4n) is 2.15. The van der Waals surface area contributed by atoms with Crippen LogP contribution in [-0.2, 0) is 11.3 Å². The Hall–Kier alpha value is -1.52. The number of aromatic nitrogens is 2. The summed E-state index contributed by atoms with van der Waals surface area (Å²) in [5.74, 6) is 0.751. The lowest BCUT2D eigenvalue weighted by molar-refractivity contribution is -0.133. The van der Waals surface area contributed by atoms with Crippen molar-refractivity contribution in [2.24, 2.45) is 0 Å². The van der Waals surface area contributed by atoms with Crippen LogP contribution in [0.2, 0.25) is 0 Å². The van der Waals surface area contributed by atoms with Crippen LogP contribution < -0.4 is 4.74 Å². The summed E-state index contributed by atoms with van der Waals surface area (Å²) in [6, 6.07) is 0. The molecular formula is C13H21N3O2. The highest BCUT2D eigenvalue weighted by Crippen LogP contribution is 2.11. The number of ether oxygens (including phenoxy) is 1.